The van der Waals surface area contributed by atoms with E-state index in [0.717, 1.165) is 70.6 Å². The summed E-state index contributed by atoms with van der Waals surface area (Å²) in [5, 5.41) is 10.1. The zero-order chi connectivity index (χ0) is 21.5. The number of para-hydroxylation sites is 1. The van der Waals surface area contributed by atoms with E-state index in [0.29, 0.717) is 0 Å². The number of aryl methyl sites for hydroxylation is 2. The van der Waals surface area contributed by atoms with E-state index in [2.05, 4.69) is 37.9 Å². The number of nitrogens with zero attached hydrogens (tertiary/aromatic N) is 4. The quantitative estimate of drug-likeness (QED) is 0.528. The van der Waals surface area contributed by atoms with Crippen LogP contribution in [0.1, 0.15) is 18.4 Å². The third kappa shape index (κ3) is 3.57. The topological polar surface area (TPSA) is 60.0 Å². The summed E-state index contributed by atoms with van der Waals surface area (Å²) in [5.41, 5.74) is 12.7. The lowest BCUT2D eigenvalue weighted by Crippen LogP contribution is -2.40. The van der Waals surface area contributed by atoms with Crippen molar-refractivity contribution in [3.05, 3.63) is 66.1 Å². The minimum Gasteiger partial charge on any atom is -0.369 e. The zero-order valence-electron chi connectivity index (χ0n) is 17.8. The second kappa shape index (κ2) is 7.78. The van der Waals surface area contributed by atoms with Gasteiger partial charge in [0.05, 0.1) is 17.6 Å². The van der Waals surface area contributed by atoms with Crippen LogP contribution in [0.5, 0.6) is 0 Å². The maximum Gasteiger partial charge on any atom is 0.133 e. The SMILES string of the molecule is Cc1cc(F)cc(-c2cnnc(-c3cc4ccccc4n3C)c2N2CCC(N)CC2)c1. The second-order valence-corrected chi connectivity index (χ2v) is 8.44. The Hall–Kier alpha value is -3.25. The molecule has 0 amide bonds. The summed E-state index contributed by atoms with van der Waals surface area (Å²) in [6.07, 6.45) is 3.58. The number of aromatic nitrogens is 3. The number of hydrogen-bond acceptors (Lipinski definition) is 4. The lowest BCUT2D eigenvalue weighted by atomic mass is 9.98. The van der Waals surface area contributed by atoms with Crippen molar-refractivity contribution in [2.24, 2.45) is 12.8 Å². The highest BCUT2D eigenvalue weighted by Gasteiger charge is 2.25. The number of halogens is 1. The van der Waals surface area contributed by atoms with Crippen LogP contribution in [0.4, 0.5) is 10.1 Å². The van der Waals surface area contributed by atoms with Crippen LogP contribution in [0.3, 0.4) is 0 Å². The summed E-state index contributed by atoms with van der Waals surface area (Å²) >= 11 is 0. The van der Waals surface area contributed by atoms with Crippen molar-refractivity contribution in [1.29, 1.82) is 0 Å². The first-order valence-electron chi connectivity index (χ1n) is 10.7. The van der Waals surface area contributed by atoms with Gasteiger partial charge in [0.1, 0.15) is 11.5 Å². The predicted molar refractivity (Wildman–Crippen MR) is 123 cm³/mol. The highest BCUT2D eigenvalue weighted by Crippen LogP contribution is 2.40. The summed E-state index contributed by atoms with van der Waals surface area (Å²) in [4.78, 5) is 2.33. The fourth-order valence-corrected chi connectivity index (χ4v) is 4.62. The molecular weight excluding hydrogens is 389 g/mol. The number of rotatable bonds is 3. The lowest BCUT2D eigenvalue weighted by Gasteiger charge is -2.34. The standard InChI is InChI=1S/C25H26FN5/c1-16-11-18(13-19(26)12-16)21-15-28-29-24(25(21)31-9-7-20(27)8-10-31)23-14-17-5-3-4-6-22(17)30(23)2/h3-6,11-15,20H,7-10,27H2,1-2H3. The van der Waals surface area contributed by atoms with Crippen molar-refractivity contribution in [3.8, 4) is 22.5 Å². The number of fused-ring (bicyclic) bond motifs is 1. The van der Waals surface area contributed by atoms with Gasteiger partial charge in [-0.15, -0.1) is 5.10 Å². The number of piperidine rings is 1. The Balaban J connectivity index is 1.75. The first-order chi connectivity index (χ1) is 15.0. The fourth-order valence-electron chi connectivity index (χ4n) is 4.62. The highest BCUT2D eigenvalue weighted by atomic mass is 19.1. The Labute approximate surface area is 181 Å². The van der Waals surface area contributed by atoms with Crippen LogP contribution >= 0.6 is 0 Å². The number of hydrogen-bond donors (Lipinski definition) is 1. The molecule has 0 unspecified atom stereocenters. The van der Waals surface area contributed by atoms with E-state index < -0.39 is 0 Å². The molecule has 6 heteroatoms. The molecule has 3 heterocycles. The summed E-state index contributed by atoms with van der Waals surface area (Å²) in [5.74, 6) is -0.246. The van der Waals surface area contributed by atoms with Crippen molar-refractivity contribution in [2.45, 2.75) is 25.8 Å². The smallest absolute Gasteiger partial charge is 0.133 e. The van der Waals surface area contributed by atoms with Gasteiger partial charge in [0, 0.05) is 42.6 Å². The largest absolute Gasteiger partial charge is 0.369 e. The van der Waals surface area contributed by atoms with E-state index in [4.69, 9.17) is 5.73 Å². The molecule has 1 fully saturated rings. The molecule has 0 atom stereocenters. The summed E-state index contributed by atoms with van der Waals surface area (Å²) in [6, 6.07) is 15.8. The molecule has 4 aromatic rings. The van der Waals surface area contributed by atoms with E-state index in [1.165, 1.54) is 0 Å². The maximum atomic E-state index is 14.3. The van der Waals surface area contributed by atoms with Crippen molar-refractivity contribution in [2.75, 3.05) is 18.0 Å². The molecule has 2 aromatic carbocycles. The van der Waals surface area contributed by atoms with Crippen molar-refractivity contribution >= 4 is 16.6 Å². The van der Waals surface area contributed by atoms with Gasteiger partial charge in [-0.1, -0.05) is 24.3 Å². The van der Waals surface area contributed by atoms with Gasteiger partial charge in [-0.3, -0.25) is 0 Å². The number of nitrogens with two attached hydrogens (primary N) is 1. The molecule has 158 valence electrons. The molecule has 1 saturated heterocycles. The number of anilines is 1. The Bertz CT molecular complexity index is 1230. The Kier molecular flexibility index (Phi) is 4.94. The van der Waals surface area contributed by atoms with E-state index in [9.17, 15) is 4.39 Å². The molecule has 5 nitrogen and oxygen atoms in total. The van der Waals surface area contributed by atoms with Gasteiger partial charge >= 0.3 is 0 Å². The van der Waals surface area contributed by atoms with Crippen molar-refractivity contribution in [1.82, 2.24) is 14.8 Å². The minimum absolute atomic E-state index is 0.215. The van der Waals surface area contributed by atoms with Crippen molar-refractivity contribution in [3.63, 3.8) is 0 Å². The van der Waals surface area contributed by atoms with Crippen molar-refractivity contribution < 1.29 is 4.39 Å². The average molecular weight is 416 g/mol. The lowest BCUT2D eigenvalue weighted by molar-refractivity contribution is 0.501. The first kappa shape index (κ1) is 19.7. The Morgan fingerprint density at radius 2 is 1.84 bits per heavy atom. The van der Waals surface area contributed by atoms with Crippen LogP contribution < -0.4 is 10.6 Å². The predicted octanol–water partition coefficient (Wildman–Crippen LogP) is 4.68. The van der Waals surface area contributed by atoms with Gasteiger partial charge in [0.2, 0.25) is 0 Å². The molecule has 2 N–H and O–H groups in total. The molecule has 0 radical (unpaired) electrons. The highest BCUT2D eigenvalue weighted by molar-refractivity contribution is 5.93. The zero-order valence-corrected chi connectivity index (χ0v) is 17.8. The second-order valence-electron chi connectivity index (χ2n) is 8.44. The molecule has 0 bridgehead atoms. The van der Waals surface area contributed by atoms with E-state index >= 15 is 0 Å². The minimum atomic E-state index is -0.246. The maximum absolute atomic E-state index is 14.3. The van der Waals surface area contributed by atoms with E-state index in [1.54, 1.807) is 18.3 Å². The Morgan fingerprint density at radius 1 is 1.06 bits per heavy atom. The fraction of sp³-hybridized carbons (Fsp3) is 0.280. The normalized spacial score (nSPS) is 15.0. The molecule has 0 aliphatic carbocycles. The van der Waals surface area contributed by atoms with E-state index in [1.807, 2.05) is 32.2 Å². The van der Waals surface area contributed by atoms with E-state index in [-0.39, 0.29) is 11.9 Å². The van der Waals surface area contributed by atoms with Gasteiger partial charge in [-0.05, 0) is 55.2 Å². The molecule has 31 heavy (non-hydrogen) atoms. The monoisotopic (exact) mass is 415 g/mol. The number of benzene rings is 2. The first-order valence-corrected chi connectivity index (χ1v) is 10.7. The van der Waals surface area contributed by atoms with Crippen LogP contribution in [0.25, 0.3) is 33.4 Å². The Morgan fingerprint density at radius 3 is 2.58 bits per heavy atom. The van der Waals surface area contributed by atoms with Gasteiger partial charge in [0.25, 0.3) is 0 Å². The molecule has 1 aliphatic rings. The molecule has 0 spiro atoms. The van der Waals surface area contributed by atoms with Crippen LogP contribution in [0.15, 0.2) is 54.7 Å². The third-order valence-electron chi connectivity index (χ3n) is 6.23. The molecule has 5 rings (SSSR count). The summed E-state index contributed by atoms with van der Waals surface area (Å²) in [7, 11) is 2.05. The molecular formula is C25H26FN5. The molecule has 1 aliphatic heterocycles. The van der Waals surface area contributed by atoms with Crippen LogP contribution in [-0.4, -0.2) is 33.9 Å². The molecule has 2 aromatic heterocycles. The van der Waals surface area contributed by atoms with Gasteiger partial charge in [-0.25, -0.2) is 4.39 Å². The van der Waals surface area contributed by atoms with Crippen LogP contribution in [0, 0.1) is 12.7 Å². The third-order valence-corrected chi connectivity index (χ3v) is 6.23. The van der Waals surface area contributed by atoms with Crippen LogP contribution in [-0.2, 0) is 7.05 Å². The average Bonchev–Trinajstić information content (AvgIpc) is 3.10. The summed E-state index contributed by atoms with van der Waals surface area (Å²) < 4.78 is 16.4. The molecule has 0 saturated carbocycles. The van der Waals surface area contributed by atoms with Gasteiger partial charge in [-0.2, -0.15) is 5.10 Å². The van der Waals surface area contributed by atoms with Gasteiger partial charge < -0.3 is 15.2 Å². The van der Waals surface area contributed by atoms with Crippen LogP contribution in [0.2, 0.25) is 0 Å². The van der Waals surface area contributed by atoms with Gasteiger partial charge in [0.15, 0.2) is 0 Å². The summed E-state index contributed by atoms with van der Waals surface area (Å²) in [6.45, 7) is 3.59.